The molecule has 3 rings (SSSR count). The Labute approximate surface area is 151 Å². The van der Waals surface area contributed by atoms with Gasteiger partial charge in [0.05, 0.1) is 18.5 Å². The molecule has 4 nitrogen and oxygen atoms in total. The van der Waals surface area contributed by atoms with Gasteiger partial charge in [-0.3, -0.25) is 9.98 Å². The molecule has 25 heavy (non-hydrogen) atoms. The Morgan fingerprint density at radius 2 is 2.08 bits per heavy atom. The smallest absolute Gasteiger partial charge is 0.206 e. The third-order valence-electron chi connectivity index (χ3n) is 3.52. The van der Waals surface area contributed by atoms with Crippen molar-refractivity contribution < 1.29 is 0 Å². The van der Waals surface area contributed by atoms with Gasteiger partial charge in [-0.2, -0.15) is 5.10 Å². The quantitative estimate of drug-likeness (QED) is 0.501. The number of hydrogen-bond acceptors (Lipinski definition) is 4. The highest BCUT2D eigenvalue weighted by Gasteiger charge is 2.07. The molecule has 0 fully saturated rings. The molecule has 0 bridgehead atoms. The van der Waals surface area contributed by atoms with Crippen LogP contribution in [0.1, 0.15) is 18.1 Å². The Morgan fingerprint density at radius 1 is 1.28 bits per heavy atom. The molecule has 0 unspecified atom stereocenters. The molecule has 0 atom stereocenters. The first-order valence-electron chi connectivity index (χ1n) is 8.00. The largest absolute Gasteiger partial charge is 0.264 e. The molecule has 0 saturated carbocycles. The van der Waals surface area contributed by atoms with Gasteiger partial charge >= 0.3 is 0 Å². The fourth-order valence-electron chi connectivity index (χ4n) is 2.22. The monoisotopic (exact) mass is 348 g/mol. The molecular weight excluding hydrogens is 328 g/mol. The van der Waals surface area contributed by atoms with Gasteiger partial charge in [0, 0.05) is 28.9 Å². The summed E-state index contributed by atoms with van der Waals surface area (Å²) in [5.74, 6) is 0. The van der Waals surface area contributed by atoms with Crippen LogP contribution in [0, 0.1) is 6.92 Å². The van der Waals surface area contributed by atoms with Crippen molar-refractivity contribution in [3.63, 3.8) is 0 Å². The number of benzene rings is 1. The molecule has 2 heterocycles. The number of aromatic nitrogens is 2. The molecule has 0 spiro atoms. The van der Waals surface area contributed by atoms with Crippen LogP contribution in [0.5, 0.6) is 0 Å². The summed E-state index contributed by atoms with van der Waals surface area (Å²) in [6, 6.07) is 12.3. The summed E-state index contributed by atoms with van der Waals surface area (Å²) in [6.45, 7) is 8.57. The number of hydrogen-bond donors (Lipinski definition) is 0. The zero-order valence-corrected chi connectivity index (χ0v) is 15.2. The van der Waals surface area contributed by atoms with E-state index in [-0.39, 0.29) is 0 Å². The van der Waals surface area contributed by atoms with E-state index in [9.17, 15) is 0 Å². The fraction of sp³-hybridized carbons (Fsp3) is 0.150. The fourth-order valence-corrected chi connectivity index (χ4v) is 3.06. The van der Waals surface area contributed by atoms with Crippen molar-refractivity contribution in [2.75, 3.05) is 6.54 Å². The van der Waals surface area contributed by atoms with E-state index >= 15 is 0 Å². The van der Waals surface area contributed by atoms with E-state index in [0.29, 0.717) is 6.54 Å². The van der Waals surface area contributed by atoms with E-state index in [2.05, 4.69) is 58.2 Å². The first kappa shape index (κ1) is 17.0. The first-order chi connectivity index (χ1) is 12.1. The Morgan fingerprint density at radius 3 is 2.76 bits per heavy atom. The van der Waals surface area contributed by atoms with Gasteiger partial charge in [-0.25, -0.2) is 4.68 Å². The van der Waals surface area contributed by atoms with Crippen molar-refractivity contribution in [2.24, 2.45) is 10.1 Å². The molecule has 3 aromatic rings. The minimum atomic E-state index is 0.594. The summed E-state index contributed by atoms with van der Waals surface area (Å²) < 4.78 is 1.88. The van der Waals surface area contributed by atoms with Gasteiger partial charge in [-0.15, -0.1) is 11.3 Å². The SMILES string of the molecule is C=C(C)CN=c1scc(-c2ccc(C)cc2)n1N=Cc1cccnc1. The molecule has 1 aromatic carbocycles. The lowest BCUT2D eigenvalue weighted by Crippen LogP contribution is -2.13. The second kappa shape index (κ2) is 7.85. The lowest BCUT2D eigenvalue weighted by atomic mass is 10.1. The van der Waals surface area contributed by atoms with E-state index in [4.69, 9.17) is 0 Å². The molecule has 0 amide bonds. The maximum absolute atomic E-state index is 4.65. The van der Waals surface area contributed by atoms with Gasteiger partial charge in [-0.1, -0.05) is 48.0 Å². The highest BCUT2D eigenvalue weighted by Crippen LogP contribution is 2.20. The maximum atomic E-state index is 4.65. The highest BCUT2D eigenvalue weighted by molar-refractivity contribution is 7.07. The van der Waals surface area contributed by atoms with Gasteiger partial charge in [-0.05, 0) is 19.9 Å². The minimum Gasteiger partial charge on any atom is -0.264 e. The lowest BCUT2D eigenvalue weighted by Gasteiger charge is -2.04. The predicted molar refractivity (Wildman–Crippen MR) is 105 cm³/mol. The summed E-state index contributed by atoms with van der Waals surface area (Å²) >= 11 is 1.58. The van der Waals surface area contributed by atoms with Crippen molar-refractivity contribution in [3.05, 3.63) is 82.3 Å². The summed E-state index contributed by atoms with van der Waals surface area (Å²) in [4.78, 5) is 9.60. The van der Waals surface area contributed by atoms with Crippen LogP contribution in [-0.4, -0.2) is 22.4 Å². The third-order valence-corrected chi connectivity index (χ3v) is 4.38. The zero-order chi connectivity index (χ0) is 17.6. The van der Waals surface area contributed by atoms with E-state index < -0.39 is 0 Å². The number of nitrogens with zero attached hydrogens (tertiary/aromatic N) is 4. The average Bonchev–Trinajstić information content (AvgIpc) is 3.02. The molecule has 0 N–H and O–H groups in total. The summed E-state index contributed by atoms with van der Waals surface area (Å²) in [5, 5.41) is 6.74. The third kappa shape index (κ3) is 4.39. The van der Waals surface area contributed by atoms with Crippen LogP contribution in [0.15, 0.2) is 76.4 Å². The van der Waals surface area contributed by atoms with Crippen LogP contribution in [0.25, 0.3) is 11.3 Å². The summed E-state index contributed by atoms with van der Waals surface area (Å²) in [6.07, 6.45) is 5.34. The topological polar surface area (TPSA) is 42.5 Å². The second-order valence-electron chi connectivity index (χ2n) is 5.89. The molecule has 0 radical (unpaired) electrons. The molecule has 5 heteroatoms. The number of rotatable bonds is 5. The standard InChI is InChI=1S/C20H20N4S/c1-15(2)11-22-20-24(23-13-17-5-4-10-21-12-17)19(14-25-20)18-8-6-16(3)7-9-18/h4-10,12-14H,1,11H2,2-3H3. The van der Waals surface area contributed by atoms with E-state index in [1.54, 1.807) is 29.9 Å². The van der Waals surface area contributed by atoms with Crippen molar-refractivity contribution in [3.8, 4) is 11.3 Å². The summed E-state index contributed by atoms with van der Waals surface area (Å²) in [5.41, 5.74) is 5.33. The van der Waals surface area contributed by atoms with Crippen LogP contribution in [0.4, 0.5) is 0 Å². The van der Waals surface area contributed by atoms with E-state index in [0.717, 1.165) is 27.2 Å². The van der Waals surface area contributed by atoms with Crippen LogP contribution >= 0.6 is 11.3 Å². The van der Waals surface area contributed by atoms with Crippen LogP contribution in [0.2, 0.25) is 0 Å². The predicted octanol–water partition coefficient (Wildman–Crippen LogP) is 4.28. The molecule has 0 saturated heterocycles. The Hall–Kier alpha value is -2.79. The lowest BCUT2D eigenvalue weighted by molar-refractivity contribution is 0.836. The van der Waals surface area contributed by atoms with Crippen LogP contribution in [0.3, 0.4) is 0 Å². The average molecular weight is 348 g/mol. The maximum Gasteiger partial charge on any atom is 0.206 e. The Balaban J connectivity index is 2.06. The highest BCUT2D eigenvalue weighted by atomic mass is 32.1. The first-order valence-corrected chi connectivity index (χ1v) is 8.88. The molecule has 0 aliphatic carbocycles. The zero-order valence-electron chi connectivity index (χ0n) is 14.4. The van der Waals surface area contributed by atoms with Crippen molar-refractivity contribution in [1.82, 2.24) is 9.66 Å². The molecule has 0 aliphatic rings. The van der Waals surface area contributed by atoms with Gasteiger partial charge in [0.25, 0.3) is 0 Å². The van der Waals surface area contributed by atoms with E-state index in [1.165, 1.54) is 5.56 Å². The number of aryl methyl sites for hydroxylation is 1. The van der Waals surface area contributed by atoms with Gasteiger partial charge in [0.15, 0.2) is 0 Å². The second-order valence-corrected chi connectivity index (χ2v) is 6.72. The van der Waals surface area contributed by atoms with Crippen LogP contribution < -0.4 is 4.80 Å². The van der Waals surface area contributed by atoms with Crippen molar-refractivity contribution in [1.29, 1.82) is 0 Å². The number of thiazole rings is 1. The van der Waals surface area contributed by atoms with Crippen molar-refractivity contribution in [2.45, 2.75) is 13.8 Å². The summed E-state index contributed by atoms with van der Waals surface area (Å²) in [7, 11) is 0. The molecule has 0 aliphatic heterocycles. The van der Waals surface area contributed by atoms with Gasteiger partial charge in [0.1, 0.15) is 0 Å². The van der Waals surface area contributed by atoms with E-state index in [1.807, 2.05) is 23.7 Å². The minimum absolute atomic E-state index is 0.594. The van der Waals surface area contributed by atoms with Crippen LogP contribution in [-0.2, 0) is 0 Å². The van der Waals surface area contributed by atoms with Crippen molar-refractivity contribution >= 4 is 17.6 Å². The number of pyridine rings is 1. The molecule has 2 aromatic heterocycles. The molecular formula is C20H20N4S. The molecule has 126 valence electrons. The Bertz CT molecular complexity index is 947. The van der Waals surface area contributed by atoms with Gasteiger partial charge in [0.2, 0.25) is 4.80 Å². The van der Waals surface area contributed by atoms with Gasteiger partial charge < -0.3 is 0 Å². The Kier molecular flexibility index (Phi) is 5.36. The normalized spacial score (nSPS) is 12.0.